The number of hydrogen-bond acceptors (Lipinski definition) is 0. The van der Waals surface area contributed by atoms with Gasteiger partial charge in [-0.1, -0.05) is 117 Å². The lowest BCUT2D eigenvalue weighted by molar-refractivity contribution is 0.563. The van der Waals surface area contributed by atoms with E-state index in [2.05, 4.69) is 13.8 Å². The average Bonchev–Trinajstić information content (AvgIpc) is 2.60. The molecule has 0 unspecified atom stereocenters. The molecule has 0 atom stereocenters. The fraction of sp³-hybridized carbons (Fsp3) is 1.00. The van der Waals surface area contributed by atoms with Gasteiger partial charge in [0.1, 0.15) is 0 Å². The first-order valence-electron chi connectivity index (χ1n) is 10.9. The Hall–Kier alpha value is 0.580. The monoisotopic (exact) mass is 380 g/mol. The Balaban J connectivity index is 0. The third kappa shape index (κ3) is 30.5. The highest BCUT2D eigenvalue weighted by Crippen LogP contribution is 2.10. The van der Waals surface area contributed by atoms with Gasteiger partial charge in [0.05, 0.1) is 0 Å². The Bertz CT molecular complexity index is 165. The highest BCUT2D eigenvalue weighted by Gasteiger charge is 1.91. The summed E-state index contributed by atoms with van der Waals surface area (Å²) in [7, 11) is 0. The zero-order chi connectivity index (χ0) is 18.1. The minimum Gasteiger partial charge on any atom is -0.127 e. The van der Waals surface area contributed by atoms with E-state index in [0.717, 1.165) is 11.8 Å². The van der Waals surface area contributed by atoms with Crippen molar-refractivity contribution in [2.24, 2.45) is 0 Å². The van der Waals surface area contributed by atoms with Crippen LogP contribution >= 0.6 is 23.2 Å². The van der Waals surface area contributed by atoms with Crippen LogP contribution in [0.3, 0.4) is 0 Å². The minimum atomic E-state index is 0.842. The molecule has 0 nitrogen and oxygen atoms in total. The first-order chi connectivity index (χ1) is 11.8. The lowest BCUT2D eigenvalue weighted by atomic mass is 10.1. The maximum absolute atomic E-state index is 5.60. The molecule has 148 valence electrons. The lowest BCUT2D eigenvalue weighted by Gasteiger charge is -2.00. The molecule has 0 aliphatic carbocycles. The van der Waals surface area contributed by atoms with E-state index in [0.29, 0.717) is 0 Å². The minimum absolute atomic E-state index is 0.842. The van der Waals surface area contributed by atoms with Gasteiger partial charge in [-0.15, -0.1) is 23.2 Å². The molecular formula is C22H46Cl2. The summed E-state index contributed by atoms with van der Waals surface area (Å²) in [5.74, 6) is 1.69. The zero-order valence-corrected chi connectivity index (χ0v) is 18.4. The van der Waals surface area contributed by atoms with Crippen LogP contribution in [-0.2, 0) is 0 Å². The molecule has 0 saturated carbocycles. The largest absolute Gasteiger partial charge is 0.127 e. The molecule has 0 heterocycles. The summed E-state index contributed by atoms with van der Waals surface area (Å²) < 4.78 is 0. The normalized spacial score (nSPS) is 10.5. The Kier molecular flexibility index (Phi) is 31.7. The number of unbranched alkanes of at least 4 members (excludes halogenated alkanes) is 16. The first-order valence-corrected chi connectivity index (χ1v) is 12.0. The van der Waals surface area contributed by atoms with Gasteiger partial charge in [-0.2, -0.15) is 0 Å². The molecule has 0 saturated heterocycles. The van der Waals surface area contributed by atoms with Crippen molar-refractivity contribution in [1.82, 2.24) is 0 Å². The van der Waals surface area contributed by atoms with E-state index in [1.54, 1.807) is 0 Å². The molecule has 0 aromatic heterocycles. The van der Waals surface area contributed by atoms with Crippen LogP contribution in [0.5, 0.6) is 0 Å². The molecule has 0 spiro atoms. The maximum Gasteiger partial charge on any atom is 0.0223 e. The maximum atomic E-state index is 5.60. The highest BCUT2D eigenvalue weighted by atomic mass is 35.5. The molecule has 0 radical (unpaired) electrons. The van der Waals surface area contributed by atoms with Crippen molar-refractivity contribution in [2.75, 3.05) is 11.8 Å². The van der Waals surface area contributed by atoms with E-state index >= 15 is 0 Å². The molecule has 0 amide bonds. The molecule has 0 bridgehead atoms. The molecule has 0 N–H and O–H groups in total. The van der Waals surface area contributed by atoms with Gasteiger partial charge >= 0.3 is 0 Å². The van der Waals surface area contributed by atoms with E-state index in [1.807, 2.05) is 0 Å². The van der Waals surface area contributed by atoms with E-state index in [4.69, 9.17) is 23.2 Å². The fourth-order valence-electron chi connectivity index (χ4n) is 2.81. The standard InChI is InChI=1S/C12H25Cl.C10H21Cl/c1-2-3-4-5-6-7-8-9-10-11-12-13;1-2-3-4-5-6-7-8-9-10-11/h2-12H2,1H3;2-10H2,1H3. The lowest BCUT2D eigenvalue weighted by Crippen LogP contribution is -1.81. The predicted octanol–water partition coefficient (Wildman–Crippen LogP) is 9.51. The molecule has 0 rings (SSSR count). The van der Waals surface area contributed by atoms with E-state index < -0.39 is 0 Å². The smallest absolute Gasteiger partial charge is 0.0223 e. The first kappa shape index (κ1) is 26.8. The van der Waals surface area contributed by atoms with Gasteiger partial charge in [-0.25, -0.2) is 0 Å². The van der Waals surface area contributed by atoms with Crippen LogP contribution in [0.4, 0.5) is 0 Å². The van der Waals surface area contributed by atoms with Crippen LogP contribution in [0.25, 0.3) is 0 Å². The van der Waals surface area contributed by atoms with Crippen molar-refractivity contribution >= 4 is 23.2 Å². The topological polar surface area (TPSA) is 0 Å². The molecule has 2 heteroatoms. The van der Waals surface area contributed by atoms with Crippen LogP contribution in [0.1, 0.15) is 129 Å². The van der Waals surface area contributed by atoms with Crippen molar-refractivity contribution in [1.29, 1.82) is 0 Å². The summed E-state index contributed by atoms with van der Waals surface area (Å²) in [5, 5.41) is 0. The van der Waals surface area contributed by atoms with Crippen LogP contribution in [0, 0.1) is 0 Å². The quantitative estimate of drug-likeness (QED) is 0.164. The molecule has 0 aliphatic rings. The summed E-state index contributed by atoms with van der Waals surface area (Å²) in [6.07, 6.45) is 24.8. The summed E-state index contributed by atoms with van der Waals surface area (Å²) >= 11 is 11.2. The van der Waals surface area contributed by atoms with Crippen molar-refractivity contribution < 1.29 is 0 Å². The molecule has 0 aliphatic heterocycles. The van der Waals surface area contributed by atoms with Gasteiger partial charge < -0.3 is 0 Å². The number of halogens is 2. The summed E-state index contributed by atoms with van der Waals surface area (Å²) in [5.41, 5.74) is 0. The Morgan fingerprint density at radius 1 is 0.333 bits per heavy atom. The van der Waals surface area contributed by atoms with Crippen molar-refractivity contribution in [3.63, 3.8) is 0 Å². The summed E-state index contributed by atoms with van der Waals surface area (Å²) in [6, 6.07) is 0. The van der Waals surface area contributed by atoms with Crippen LogP contribution in [-0.4, -0.2) is 11.8 Å². The van der Waals surface area contributed by atoms with E-state index in [-0.39, 0.29) is 0 Å². The molecule has 0 aromatic rings. The van der Waals surface area contributed by atoms with E-state index in [9.17, 15) is 0 Å². The van der Waals surface area contributed by atoms with Crippen molar-refractivity contribution in [3.05, 3.63) is 0 Å². The van der Waals surface area contributed by atoms with Crippen molar-refractivity contribution in [3.8, 4) is 0 Å². The van der Waals surface area contributed by atoms with Gasteiger partial charge in [0, 0.05) is 11.8 Å². The molecular weight excluding hydrogens is 335 g/mol. The van der Waals surface area contributed by atoms with Crippen LogP contribution in [0.15, 0.2) is 0 Å². The highest BCUT2D eigenvalue weighted by molar-refractivity contribution is 6.18. The van der Waals surface area contributed by atoms with Crippen molar-refractivity contribution in [2.45, 2.75) is 129 Å². The second-order valence-corrected chi connectivity index (χ2v) is 7.79. The molecule has 0 aromatic carbocycles. The Labute approximate surface area is 164 Å². The second kappa shape index (κ2) is 28.4. The fourth-order valence-corrected chi connectivity index (χ4v) is 3.19. The summed E-state index contributed by atoms with van der Waals surface area (Å²) in [4.78, 5) is 0. The second-order valence-electron chi connectivity index (χ2n) is 7.03. The van der Waals surface area contributed by atoms with E-state index in [1.165, 1.54) is 116 Å². The van der Waals surface area contributed by atoms with Gasteiger partial charge in [0.2, 0.25) is 0 Å². The Morgan fingerprint density at radius 2 is 0.542 bits per heavy atom. The molecule has 0 fully saturated rings. The molecule has 24 heavy (non-hydrogen) atoms. The van der Waals surface area contributed by atoms with Gasteiger partial charge in [-0.3, -0.25) is 0 Å². The summed E-state index contributed by atoms with van der Waals surface area (Å²) in [6.45, 7) is 4.53. The van der Waals surface area contributed by atoms with Crippen LogP contribution in [0.2, 0.25) is 0 Å². The average molecular weight is 382 g/mol. The van der Waals surface area contributed by atoms with Crippen LogP contribution < -0.4 is 0 Å². The number of hydrogen-bond donors (Lipinski definition) is 0. The number of rotatable bonds is 18. The Morgan fingerprint density at radius 3 is 0.750 bits per heavy atom. The SMILES string of the molecule is CCCCCCCCCCCCCl.CCCCCCCCCCCl. The van der Waals surface area contributed by atoms with Gasteiger partial charge in [-0.05, 0) is 12.8 Å². The van der Waals surface area contributed by atoms with Gasteiger partial charge in [0.25, 0.3) is 0 Å². The zero-order valence-electron chi connectivity index (χ0n) is 16.9. The van der Waals surface area contributed by atoms with Gasteiger partial charge in [0.15, 0.2) is 0 Å². The third-order valence-electron chi connectivity index (χ3n) is 4.47. The predicted molar refractivity (Wildman–Crippen MR) is 116 cm³/mol. The third-order valence-corrected chi connectivity index (χ3v) is 5.01. The number of alkyl halides is 2.